The second-order valence-corrected chi connectivity index (χ2v) is 6.73. The monoisotopic (exact) mass is 363 g/mol. The Labute approximate surface area is 152 Å². The van der Waals surface area contributed by atoms with Crippen LogP contribution in [0.25, 0.3) is 10.8 Å². The van der Waals surface area contributed by atoms with E-state index in [1.54, 1.807) is 12.1 Å². The van der Waals surface area contributed by atoms with Gasteiger partial charge in [0.1, 0.15) is 5.75 Å². The van der Waals surface area contributed by atoms with Crippen LogP contribution in [-0.4, -0.2) is 30.6 Å². The first kappa shape index (κ1) is 19.1. The first-order valence-electron chi connectivity index (χ1n) is 8.09. The summed E-state index contributed by atoms with van der Waals surface area (Å²) in [6.45, 7) is 5.17. The third kappa shape index (κ3) is 5.36. The van der Waals surface area contributed by atoms with Gasteiger partial charge in [-0.2, -0.15) is 0 Å². The number of halogens is 1. The quantitative estimate of drug-likeness (QED) is 0.761. The first-order chi connectivity index (χ1) is 11.8. The van der Waals surface area contributed by atoms with Crippen molar-refractivity contribution in [3.63, 3.8) is 0 Å². The van der Waals surface area contributed by atoms with Gasteiger partial charge >= 0.3 is 5.97 Å². The molecule has 0 atom stereocenters. The number of rotatable bonds is 7. The maximum absolute atomic E-state index is 11.8. The molecular formula is C19H22ClNO4. The van der Waals surface area contributed by atoms with Gasteiger partial charge < -0.3 is 14.8 Å². The van der Waals surface area contributed by atoms with Gasteiger partial charge in [-0.15, -0.1) is 0 Å². The summed E-state index contributed by atoms with van der Waals surface area (Å²) >= 11 is 6.15. The van der Waals surface area contributed by atoms with Gasteiger partial charge in [0.05, 0.1) is 0 Å². The van der Waals surface area contributed by atoms with Crippen molar-refractivity contribution >= 4 is 34.2 Å². The van der Waals surface area contributed by atoms with E-state index in [4.69, 9.17) is 21.1 Å². The molecule has 2 aromatic carbocycles. The highest BCUT2D eigenvalue weighted by molar-refractivity contribution is 6.35. The number of hydrogen-bond acceptors (Lipinski definition) is 4. The van der Waals surface area contributed by atoms with Crippen molar-refractivity contribution in [1.29, 1.82) is 0 Å². The van der Waals surface area contributed by atoms with Crippen LogP contribution in [0.4, 0.5) is 0 Å². The lowest BCUT2D eigenvalue weighted by Gasteiger charge is -2.24. The smallest absolute Gasteiger partial charge is 0.344 e. The Morgan fingerprint density at radius 1 is 1.08 bits per heavy atom. The highest BCUT2D eigenvalue weighted by atomic mass is 35.5. The molecule has 0 aliphatic rings. The average Bonchev–Trinajstić information content (AvgIpc) is 2.59. The van der Waals surface area contributed by atoms with E-state index in [0.29, 0.717) is 10.8 Å². The first-order valence-corrected chi connectivity index (χ1v) is 8.47. The molecule has 0 aliphatic carbocycles. The standard InChI is InChI=1S/C19H22ClNO4/c1-4-19(2,3)21-17(22)11-25-18(23)12-24-16-10-9-15(20)13-7-5-6-8-14(13)16/h5-10H,4,11-12H2,1-3H3,(H,21,22). The van der Waals surface area contributed by atoms with Crippen molar-refractivity contribution in [1.82, 2.24) is 5.32 Å². The molecule has 0 aliphatic heterocycles. The number of benzene rings is 2. The number of ether oxygens (including phenoxy) is 2. The van der Waals surface area contributed by atoms with Gasteiger partial charge in [0.15, 0.2) is 13.2 Å². The van der Waals surface area contributed by atoms with Gasteiger partial charge in [-0.25, -0.2) is 4.79 Å². The number of nitrogens with one attached hydrogen (secondary N) is 1. The Hall–Kier alpha value is -2.27. The predicted octanol–water partition coefficient (Wildman–Crippen LogP) is 3.72. The fraction of sp³-hybridized carbons (Fsp3) is 0.368. The molecule has 1 N–H and O–H groups in total. The Morgan fingerprint density at radius 2 is 1.76 bits per heavy atom. The van der Waals surface area contributed by atoms with Crippen LogP contribution in [-0.2, 0) is 14.3 Å². The fourth-order valence-electron chi connectivity index (χ4n) is 2.19. The van der Waals surface area contributed by atoms with E-state index < -0.39 is 5.97 Å². The Bertz CT molecular complexity index is 773. The summed E-state index contributed by atoms with van der Waals surface area (Å²) < 4.78 is 10.5. The zero-order valence-electron chi connectivity index (χ0n) is 14.6. The molecule has 0 aromatic heterocycles. The fourth-order valence-corrected chi connectivity index (χ4v) is 2.41. The van der Waals surface area contributed by atoms with E-state index in [1.807, 2.05) is 45.0 Å². The van der Waals surface area contributed by atoms with Gasteiger partial charge in [-0.3, -0.25) is 4.79 Å². The average molecular weight is 364 g/mol. The van der Waals surface area contributed by atoms with E-state index in [2.05, 4.69) is 5.32 Å². The minimum absolute atomic E-state index is 0.282. The molecular weight excluding hydrogens is 342 g/mol. The molecule has 2 aromatic rings. The molecule has 0 radical (unpaired) electrons. The lowest BCUT2D eigenvalue weighted by molar-refractivity contribution is -0.150. The lowest BCUT2D eigenvalue weighted by Crippen LogP contribution is -2.44. The van der Waals surface area contributed by atoms with Crippen LogP contribution in [0.1, 0.15) is 27.2 Å². The summed E-state index contributed by atoms with van der Waals surface area (Å²) in [5.74, 6) is -0.408. The van der Waals surface area contributed by atoms with Crippen molar-refractivity contribution in [2.75, 3.05) is 13.2 Å². The Balaban J connectivity index is 1.89. The molecule has 6 heteroatoms. The highest BCUT2D eigenvalue weighted by Gasteiger charge is 2.18. The van der Waals surface area contributed by atoms with Gasteiger partial charge in [-0.1, -0.05) is 42.8 Å². The van der Waals surface area contributed by atoms with Crippen LogP contribution in [0.5, 0.6) is 5.75 Å². The minimum atomic E-state index is -0.608. The number of hydrogen-bond donors (Lipinski definition) is 1. The third-order valence-electron chi connectivity index (χ3n) is 3.90. The van der Waals surface area contributed by atoms with Crippen molar-refractivity contribution in [2.45, 2.75) is 32.7 Å². The Kier molecular flexibility index (Phi) is 6.26. The molecule has 25 heavy (non-hydrogen) atoms. The topological polar surface area (TPSA) is 64.6 Å². The summed E-state index contributed by atoms with van der Waals surface area (Å²) in [7, 11) is 0. The van der Waals surface area contributed by atoms with Crippen molar-refractivity contribution in [3.8, 4) is 5.75 Å². The van der Waals surface area contributed by atoms with Gasteiger partial charge in [0.25, 0.3) is 5.91 Å². The van der Waals surface area contributed by atoms with E-state index in [0.717, 1.165) is 17.2 Å². The molecule has 0 heterocycles. The maximum Gasteiger partial charge on any atom is 0.344 e. The number of amides is 1. The number of fused-ring (bicyclic) bond motifs is 1. The molecule has 0 bridgehead atoms. The third-order valence-corrected chi connectivity index (χ3v) is 4.23. The van der Waals surface area contributed by atoms with Crippen LogP contribution in [0.15, 0.2) is 36.4 Å². The van der Waals surface area contributed by atoms with Gasteiger partial charge in [0.2, 0.25) is 0 Å². The maximum atomic E-state index is 11.8. The molecule has 0 fully saturated rings. The molecule has 5 nitrogen and oxygen atoms in total. The van der Waals surface area contributed by atoms with E-state index in [1.165, 1.54) is 0 Å². The summed E-state index contributed by atoms with van der Waals surface area (Å²) in [5.41, 5.74) is -0.331. The predicted molar refractivity (Wildman–Crippen MR) is 97.9 cm³/mol. The molecule has 0 saturated heterocycles. The van der Waals surface area contributed by atoms with E-state index in [-0.39, 0.29) is 24.7 Å². The lowest BCUT2D eigenvalue weighted by atomic mass is 10.0. The van der Waals surface area contributed by atoms with E-state index >= 15 is 0 Å². The zero-order chi connectivity index (χ0) is 18.4. The second kappa shape index (κ2) is 8.21. The SMILES string of the molecule is CCC(C)(C)NC(=O)COC(=O)COc1ccc(Cl)c2ccccc12. The number of carbonyl (C=O) groups excluding carboxylic acids is 2. The zero-order valence-corrected chi connectivity index (χ0v) is 15.4. The van der Waals surface area contributed by atoms with Crippen LogP contribution in [0.3, 0.4) is 0 Å². The molecule has 0 saturated carbocycles. The Morgan fingerprint density at radius 3 is 2.44 bits per heavy atom. The van der Waals surface area contributed by atoms with E-state index in [9.17, 15) is 9.59 Å². The molecule has 0 spiro atoms. The largest absolute Gasteiger partial charge is 0.481 e. The molecule has 1 amide bonds. The second-order valence-electron chi connectivity index (χ2n) is 6.33. The minimum Gasteiger partial charge on any atom is -0.481 e. The van der Waals surface area contributed by atoms with Crippen molar-refractivity contribution < 1.29 is 19.1 Å². The van der Waals surface area contributed by atoms with Crippen molar-refractivity contribution in [2.24, 2.45) is 0 Å². The van der Waals surface area contributed by atoms with Crippen LogP contribution >= 0.6 is 11.6 Å². The summed E-state index contributed by atoms with van der Waals surface area (Å²) in [6.07, 6.45) is 0.777. The van der Waals surface area contributed by atoms with Crippen molar-refractivity contribution in [3.05, 3.63) is 41.4 Å². The summed E-state index contributed by atoms with van der Waals surface area (Å²) in [4.78, 5) is 23.6. The normalized spacial score (nSPS) is 11.2. The van der Waals surface area contributed by atoms with Gasteiger partial charge in [0, 0.05) is 21.3 Å². The highest BCUT2D eigenvalue weighted by Crippen LogP contribution is 2.31. The number of carbonyl (C=O) groups is 2. The molecule has 134 valence electrons. The molecule has 2 rings (SSSR count). The van der Waals surface area contributed by atoms with Gasteiger partial charge in [-0.05, 0) is 32.4 Å². The van der Waals surface area contributed by atoms with Crippen LogP contribution < -0.4 is 10.1 Å². The molecule has 0 unspecified atom stereocenters. The number of esters is 1. The summed E-state index contributed by atoms with van der Waals surface area (Å²) in [6, 6.07) is 10.9. The summed E-state index contributed by atoms with van der Waals surface area (Å²) in [5, 5.41) is 5.06. The van der Waals surface area contributed by atoms with Crippen LogP contribution in [0, 0.1) is 0 Å². The van der Waals surface area contributed by atoms with Crippen LogP contribution in [0.2, 0.25) is 5.02 Å².